The summed E-state index contributed by atoms with van der Waals surface area (Å²) in [6.45, 7) is 5.07. The fraction of sp³-hybridized carbons (Fsp3) is 0.278. The van der Waals surface area contributed by atoms with Crippen molar-refractivity contribution in [1.29, 1.82) is 0 Å². The van der Waals surface area contributed by atoms with E-state index in [0.717, 1.165) is 23.7 Å². The molecule has 0 atom stereocenters. The van der Waals surface area contributed by atoms with E-state index in [4.69, 9.17) is 23.2 Å². The number of halogens is 2. The Kier molecular flexibility index (Phi) is 5.87. The summed E-state index contributed by atoms with van der Waals surface area (Å²) in [5, 5.41) is 1.42. The molecule has 0 radical (unpaired) electrons. The zero-order chi connectivity index (χ0) is 16.1. The third-order valence-electron chi connectivity index (χ3n) is 3.58. The maximum absolute atomic E-state index is 6.37. The molecule has 2 aromatic carbocycles. The zero-order valence-corrected chi connectivity index (χ0v) is 14.6. The molecular weight excluding hydrogens is 315 g/mol. The molecule has 0 bridgehead atoms. The predicted molar refractivity (Wildman–Crippen MR) is 96.9 cm³/mol. The Labute approximate surface area is 142 Å². The first-order valence-corrected chi connectivity index (χ1v) is 8.03. The van der Waals surface area contributed by atoms with Gasteiger partial charge in [0, 0.05) is 18.6 Å². The summed E-state index contributed by atoms with van der Waals surface area (Å²) in [4.78, 5) is 6.45. The summed E-state index contributed by atoms with van der Waals surface area (Å²) < 4.78 is 0. The summed E-state index contributed by atoms with van der Waals surface area (Å²) in [5.74, 6) is 0. The normalized spacial score (nSPS) is 11.1. The van der Waals surface area contributed by atoms with Crippen LogP contribution >= 0.6 is 23.2 Å². The van der Waals surface area contributed by atoms with E-state index in [1.54, 1.807) is 6.34 Å². The minimum Gasteiger partial charge on any atom is -0.366 e. The van der Waals surface area contributed by atoms with Crippen LogP contribution < -0.4 is 0 Å². The van der Waals surface area contributed by atoms with Crippen LogP contribution in [0.15, 0.2) is 41.4 Å². The summed E-state index contributed by atoms with van der Waals surface area (Å²) in [7, 11) is 1.98. The van der Waals surface area contributed by atoms with E-state index in [1.807, 2.05) is 42.3 Å². The SMILES string of the molecule is CCN(C)/C=N\c1cc(C)c(Cc2cccc(Cl)c2)cc1Cl. The van der Waals surface area contributed by atoms with Crippen LogP contribution in [0.1, 0.15) is 23.6 Å². The van der Waals surface area contributed by atoms with E-state index in [-0.39, 0.29) is 0 Å². The van der Waals surface area contributed by atoms with Crippen molar-refractivity contribution in [2.24, 2.45) is 4.99 Å². The van der Waals surface area contributed by atoms with Gasteiger partial charge in [-0.3, -0.25) is 0 Å². The van der Waals surface area contributed by atoms with Crippen LogP contribution in [-0.2, 0) is 6.42 Å². The summed E-state index contributed by atoms with van der Waals surface area (Å²) in [6.07, 6.45) is 2.61. The van der Waals surface area contributed by atoms with Gasteiger partial charge in [-0.25, -0.2) is 4.99 Å². The molecule has 4 heteroatoms. The molecule has 0 spiro atoms. The van der Waals surface area contributed by atoms with E-state index in [1.165, 1.54) is 16.7 Å². The Balaban J connectivity index is 2.24. The van der Waals surface area contributed by atoms with Gasteiger partial charge in [0.2, 0.25) is 0 Å². The Bertz CT molecular complexity index is 681. The van der Waals surface area contributed by atoms with Crippen LogP contribution in [-0.4, -0.2) is 24.8 Å². The lowest BCUT2D eigenvalue weighted by atomic mass is 10.00. The van der Waals surface area contributed by atoms with E-state index < -0.39 is 0 Å². The number of rotatable bonds is 5. The second-order valence-corrected chi connectivity index (χ2v) is 6.20. The third-order valence-corrected chi connectivity index (χ3v) is 4.12. The average molecular weight is 335 g/mol. The van der Waals surface area contributed by atoms with Crippen molar-refractivity contribution in [2.45, 2.75) is 20.3 Å². The molecule has 0 aromatic heterocycles. The molecule has 0 aliphatic carbocycles. The van der Waals surface area contributed by atoms with Crippen LogP contribution in [0.25, 0.3) is 0 Å². The molecule has 0 saturated carbocycles. The van der Waals surface area contributed by atoms with Gasteiger partial charge in [-0.1, -0.05) is 35.3 Å². The van der Waals surface area contributed by atoms with E-state index >= 15 is 0 Å². The fourth-order valence-electron chi connectivity index (χ4n) is 2.11. The Morgan fingerprint density at radius 1 is 1.18 bits per heavy atom. The molecule has 2 rings (SSSR count). The van der Waals surface area contributed by atoms with Crippen molar-refractivity contribution >= 4 is 35.2 Å². The Morgan fingerprint density at radius 3 is 2.64 bits per heavy atom. The second-order valence-electron chi connectivity index (χ2n) is 5.35. The number of benzene rings is 2. The topological polar surface area (TPSA) is 15.6 Å². The van der Waals surface area contributed by atoms with E-state index in [2.05, 4.69) is 24.9 Å². The van der Waals surface area contributed by atoms with Crippen molar-refractivity contribution in [3.8, 4) is 0 Å². The predicted octanol–water partition coefficient (Wildman–Crippen LogP) is 5.50. The Hall–Kier alpha value is -1.51. The molecule has 0 amide bonds. The van der Waals surface area contributed by atoms with Gasteiger partial charge >= 0.3 is 0 Å². The molecule has 0 aliphatic rings. The number of aliphatic imine (C=N–C) groups is 1. The lowest BCUT2D eigenvalue weighted by Gasteiger charge is -2.11. The first-order valence-electron chi connectivity index (χ1n) is 7.27. The highest BCUT2D eigenvalue weighted by atomic mass is 35.5. The van der Waals surface area contributed by atoms with Gasteiger partial charge < -0.3 is 4.90 Å². The number of nitrogens with zero attached hydrogens (tertiary/aromatic N) is 2. The van der Waals surface area contributed by atoms with Crippen molar-refractivity contribution in [3.63, 3.8) is 0 Å². The van der Waals surface area contributed by atoms with Crippen molar-refractivity contribution < 1.29 is 0 Å². The highest BCUT2D eigenvalue weighted by molar-refractivity contribution is 6.33. The monoisotopic (exact) mass is 334 g/mol. The molecule has 0 unspecified atom stereocenters. The molecule has 2 nitrogen and oxygen atoms in total. The standard InChI is InChI=1S/C18H20Cl2N2/c1-4-22(3)12-21-18-8-13(2)15(11-17(18)20)9-14-6-5-7-16(19)10-14/h5-8,10-12H,4,9H2,1-3H3/b21-12-. The van der Waals surface area contributed by atoms with Gasteiger partial charge in [0.25, 0.3) is 0 Å². The number of aryl methyl sites for hydroxylation is 1. The molecule has 0 heterocycles. The lowest BCUT2D eigenvalue weighted by molar-refractivity contribution is 0.552. The van der Waals surface area contributed by atoms with Gasteiger partial charge in [-0.15, -0.1) is 0 Å². The quantitative estimate of drug-likeness (QED) is 0.520. The summed E-state index contributed by atoms with van der Waals surface area (Å²) in [5.41, 5.74) is 4.34. The van der Waals surface area contributed by atoms with Crippen molar-refractivity contribution in [1.82, 2.24) is 4.90 Å². The Morgan fingerprint density at radius 2 is 1.95 bits per heavy atom. The molecule has 116 valence electrons. The van der Waals surface area contributed by atoms with Crippen molar-refractivity contribution in [2.75, 3.05) is 13.6 Å². The number of hydrogen-bond acceptors (Lipinski definition) is 1. The maximum atomic E-state index is 6.37. The summed E-state index contributed by atoms with van der Waals surface area (Å²) >= 11 is 12.4. The molecule has 0 saturated heterocycles. The minimum atomic E-state index is 0.670. The minimum absolute atomic E-state index is 0.670. The largest absolute Gasteiger partial charge is 0.366 e. The molecule has 0 N–H and O–H groups in total. The first-order chi connectivity index (χ1) is 10.5. The van der Waals surface area contributed by atoms with Crippen LogP contribution in [0.2, 0.25) is 10.0 Å². The zero-order valence-electron chi connectivity index (χ0n) is 13.1. The fourth-order valence-corrected chi connectivity index (χ4v) is 2.55. The maximum Gasteiger partial charge on any atom is 0.0910 e. The van der Waals surface area contributed by atoms with Crippen LogP contribution in [0.4, 0.5) is 5.69 Å². The molecular formula is C18H20Cl2N2. The van der Waals surface area contributed by atoms with Gasteiger partial charge in [-0.2, -0.15) is 0 Å². The van der Waals surface area contributed by atoms with E-state index in [0.29, 0.717) is 5.02 Å². The van der Waals surface area contributed by atoms with Gasteiger partial charge in [0.05, 0.1) is 17.0 Å². The number of hydrogen-bond donors (Lipinski definition) is 0. The van der Waals surface area contributed by atoms with Crippen LogP contribution in [0.3, 0.4) is 0 Å². The van der Waals surface area contributed by atoms with E-state index in [9.17, 15) is 0 Å². The smallest absolute Gasteiger partial charge is 0.0910 e. The highest BCUT2D eigenvalue weighted by Gasteiger charge is 2.07. The molecule has 22 heavy (non-hydrogen) atoms. The van der Waals surface area contributed by atoms with Crippen LogP contribution in [0.5, 0.6) is 0 Å². The highest BCUT2D eigenvalue weighted by Crippen LogP contribution is 2.29. The summed E-state index contributed by atoms with van der Waals surface area (Å²) in [6, 6.07) is 11.9. The van der Waals surface area contributed by atoms with Gasteiger partial charge in [0.15, 0.2) is 0 Å². The van der Waals surface area contributed by atoms with Crippen molar-refractivity contribution in [3.05, 3.63) is 63.1 Å². The van der Waals surface area contributed by atoms with Gasteiger partial charge in [-0.05, 0) is 61.2 Å². The lowest BCUT2D eigenvalue weighted by Crippen LogP contribution is -2.14. The average Bonchev–Trinajstić information content (AvgIpc) is 2.49. The second kappa shape index (κ2) is 7.66. The third kappa shape index (κ3) is 4.49. The molecule has 0 aliphatic heterocycles. The molecule has 0 fully saturated rings. The molecule has 2 aromatic rings. The van der Waals surface area contributed by atoms with Crippen LogP contribution in [0, 0.1) is 6.92 Å². The van der Waals surface area contributed by atoms with Gasteiger partial charge in [0.1, 0.15) is 0 Å². The first kappa shape index (κ1) is 16.9.